The summed E-state index contributed by atoms with van der Waals surface area (Å²) in [5, 5.41) is 0. The Morgan fingerprint density at radius 3 is 2.16 bits per heavy atom. The third kappa shape index (κ3) is 5.04. The average Bonchev–Trinajstić information content (AvgIpc) is 3.30. The first-order valence-electron chi connectivity index (χ1n) is 17.8. The molecule has 1 unspecified atom stereocenters. The first-order valence-corrected chi connectivity index (χ1v) is 17.8. The molecule has 0 N–H and O–H groups in total. The Hall–Kier alpha value is -1.65. The summed E-state index contributed by atoms with van der Waals surface area (Å²) < 4.78 is 11.2. The number of carbonyl (C=O) groups is 3. The molecule has 5 saturated carbocycles. The van der Waals surface area contributed by atoms with E-state index in [0.717, 1.165) is 19.3 Å². The molecule has 0 spiro atoms. The maximum atomic E-state index is 13.2. The van der Waals surface area contributed by atoms with E-state index in [-0.39, 0.29) is 58.0 Å². The van der Waals surface area contributed by atoms with Crippen LogP contribution in [0.2, 0.25) is 0 Å². The molecule has 5 nitrogen and oxygen atoms in total. The second-order valence-electron chi connectivity index (χ2n) is 18.4. The van der Waals surface area contributed by atoms with Gasteiger partial charge in [0.1, 0.15) is 12.4 Å². The molecule has 0 radical (unpaired) electrons. The minimum Gasteiger partial charge on any atom is -0.469 e. The van der Waals surface area contributed by atoms with Crippen LogP contribution in [-0.4, -0.2) is 31.4 Å². The van der Waals surface area contributed by atoms with Gasteiger partial charge >= 0.3 is 11.9 Å². The molecule has 5 aliphatic carbocycles. The van der Waals surface area contributed by atoms with Crippen molar-refractivity contribution in [2.75, 3.05) is 7.11 Å². The molecule has 0 aliphatic heterocycles. The van der Waals surface area contributed by atoms with Crippen LogP contribution >= 0.6 is 0 Å². The van der Waals surface area contributed by atoms with Crippen LogP contribution < -0.4 is 0 Å². The zero-order chi connectivity index (χ0) is 32.5. The van der Waals surface area contributed by atoms with Crippen LogP contribution in [-0.2, 0) is 23.9 Å². The molecule has 0 heterocycles. The van der Waals surface area contributed by atoms with Gasteiger partial charge in [0.15, 0.2) is 0 Å². The lowest BCUT2D eigenvalue weighted by Gasteiger charge is -2.73. The van der Waals surface area contributed by atoms with Gasteiger partial charge in [0, 0.05) is 11.8 Å². The van der Waals surface area contributed by atoms with E-state index in [2.05, 4.69) is 48.1 Å². The second kappa shape index (κ2) is 11.3. The summed E-state index contributed by atoms with van der Waals surface area (Å²) in [6.45, 7) is 23.2. The highest BCUT2D eigenvalue weighted by molar-refractivity contribution is 5.74. The molecular weight excluding hydrogens is 548 g/mol. The third-order valence-electron chi connectivity index (χ3n) is 15.4. The molecule has 5 rings (SSSR count). The van der Waals surface area contributed by atoms with Crippen molar-refractivity contribution >= 4 is 18.2 Å². The first-order chi connectivity index (χ1) is 20.4. The zero-order valence-electron chi connectivity index (χ0n) is 29.5. The number of allylic oxidation sites excluding steroid dienone is 1. The summed E-state index contributed by atoms with van der Waals surface area (Å²) in [6, 6.07) is 0. The zero-order valence-corrected chi connectivity index (χ0v) is 29.5. The maximum absolute atomic E-state index is 13.2. The summed E-state index contributed by atoms with van der Waals surface area (Å²) in [6.07, 6.45) is 14.0. The van der Waals surface area contributed by atoms with E-state index in [4.69, 9.17) is 9.47 Å². The van der Waals surface area contributed by atoms with Gasteiger partial charge in [-0.1, -0.05) is 60.6 Å². The number of ether oxygens (including phenoxy) is 2. The Kier molecular flexibility index (Phi) is 8.62. The lowest BCUT2D eigenvalue weighted by atomic mass is 9.32. The van der Waals surface area contributed by atoms with E-state index in [0.29, 0.717) is 29.6 Å². The van der Waals surface area contributed by atoms with Crippen molar-refractivity contribution in [2.45, 2.75) is 145 Å². The number of rotatable bonds is 8. The molecule has 0 aromatic heterocycles. The Bertz CT molecular complexity index is 1170. The number of hydrogen-bond donors (Lipinski definition) is 0. The molecule has 44 heavy (non-hydrogen) atoms. The standard InChI is InChI=1S/C39H62O5/c1-25(2)26-13-18-39(21-22-40)20-19-37(8)27(33(26)39)11-12-29-36(7)16-15-30(35(5,6)28(36)14-17-38(29,37)9)44-32(42)24-34(3,4)23-31(41)43-10/h22,26-30,33H,1,11-21,23-24H2,2-10H3/t26-,27+,28-,29?,30-,33+,36-,37+,38+,39+/m0/s1. The minimum absolute atomic E-state index is 0.105. The quantitative estimate of drug-likeness (QED) is 0.156. The maximum Gasteiger partial charge on any atom is 0.306 e. The molecule has 0 aromatic rings. The van der Waals surface area contributed by atoms with Gasteiger partial charge in [-0.05, 0) is 128 Å². The minimum atomic E-state index is -0.496. The van der Waals surface area contributed by atoms with Crippen molar-refractivity contribution in [3.8, 4) is 0 Å². The molecule has 0 bridgehead atoms. The van der Waals surface area contributed by atoms with Crippen LogP contribution in [0.5, 0.6) is 0 Å². The lowest BCUT2D eigenvalue weighted by molar-refractivity contribution is -0.250. The molecule has 5 heteroatoms. The normalized spacial score (nSPS) is 44.3. The van der Waals surface area contributed by atoms with Gasteiger partial charge in [-0.15, -0.1) is 0 Å². The van der Waals surface area contributed by atoms with Crippen molar-refractivity contribution in [3.05, 3.63) is 12.2 Å². The highest BCUT2D eigenvalue weighted by atomic mass is 16.5. The van der Waals surface area contributed by atoms with E-state index in [9.17, 15) is 14.4 Å². The molecule has 0 aromatic carbocycles. The fourth-order valence-electron chi connectivity index (χ4n) is 13.1. The predicted octanol–water partition coefficient (Wildman–Crippen LogP) is 9.12. The fraction of sp³-hybridized carbons (Fsp3) is 0.872. The van der Waals surface area contributed by atoms with Crippen molar-refractivity contribution < 1.29 is 23.9 Å². The van der Waals surface area contributed by atoms with E-state index in [1.54, 1.807) is 0 Å². The van der Waals surface area contributed by atoms with E-state index >= 15 is 0 Å². The molecule has 10 atom stereocenters. The molecule has 0 amide bonds. The van der Waals surface area contributed by atoms with Crippen LogP contribution in [0.15, 0.2) is 12.2 Å². The molecule has 0 saturated heterocycles. The largest absolute Gasteiger partial charge is 0.469 e. The Morgan fingerprint density at radius 2 is 1.52 bits per heavy atom. The smallest absolute Gasteiger partial charge is 0.306 e. The topological polar surface area (TPSA) is 69.7 Å². The molecule has 5 aliphatic rings. The van der Waals surface area contributed by atoms with Gasteiger partial charge in [0.05, 0.1) is 20.0 Å². The van der Waals surface area contributed by atoms with E-state index in [1.165, 1.54) is 70.3 Å². The summed E-state index contributed by atoms with van der Waals surface area (Å²) >= 11 is 0. The summed E-state index contributed by atoms with van der Waals surface area (Å²) in [4.78, 5) is 37.2. The van der Waals surface area contributed by atoms with Gasteiger partial charge in [-0.2, -0.15) is 0 Å². The third-order valence-corrected chi connectivity index (χ3v) is 15.4. The van der Waals surface area contributed by atoms with Crippen LogP contribution in [0.25, 0.3) is 0 Å². The lowest BCUT2D eigenvalue weighted by Crippen LogP contribution is -2.66. The van der Waals surface area contributed by atoms with Gasteiger partial charge in [-0.3, -0.25) is 9.59 Å². The van der Waals surface area contributed by atoms with Gasteiger partial charge in [0.2, 0.25) is 0 Å². The van der Waals surface area contributed by atoms with Crippen molar-refractivity contribution in [2.24, 2.45) is 62.1 Å². The SMILES string of the molecule is C=C(C)[C@@H]1CC[C@]2(CC=O)CC[C@]3(C)[C@H](CCC4[C@@]5(C)CC[C@H](OC(=O)CC(C)(C)CC(=O)OC)C(C)(C)[C@@H]5CC[C@]43C)[C@@H]12. The Morgan fingerprint density at radius 1 is 0.841 bits per heavy atom. The highest BCUT2D eigenvalue weighted by Crippen LogP contribution is 2.77. The van der Waals surface area contributed by atoms with Crippen LogP contribution in [0.4, 0.5) is 0 Å². The summed E-state index contributed by atoms with van der Waals surface area (Å²) in [7, 11) is 1.39. The predicted molar refractivity (Wildman–Crippen MR) is 175 cm³/mol. The Labute approximate surface area is 268 Å². The van der Waals surface area contributed by atoms with Gasteiger partial charge in [0.25, 0.3) is 0 Å². The van der Waals surface area contributed by atoms with Crippen molar-refractivity contribution in [1.29, 1.82) is 0 Å². The molecule has 5 fully saturated rings. The monoisotopic (exact) mass is 610 g/mol. The number of aldehydes is 1. The number of carbonyl (C=O) groups excluding carboxylic acids is 3. The average molecular weight is 611 g/mol. The number of hydrogen-bond acceptors (Lipinski definition) is 5. The van der Waals surface area contributed by atoms with Crippen molar-refractivity contribution in [3.63, 3.8) is 0 Å². The summed E-state index contributed by atoms with van der Waals surface area (Å²) in [5.41, 5.74) is 1.62. The first kappa shape index (κ1) is 33.7. The fourth-order valence-corrected chi connectivity index (χ4v) is 13.1. The molecule has 248 valence electrons. The Balaban J connectivity index is 1.37. The number of methoxy groups -OCH3 is 1. The summed E-state index contributed by atoms with van der Waals surface area (Å²) in [5.74, 6) is 2.44. The van der Waals surface area contributed by atoms with Crippen LogP contribution in [0.3, 0.4) is 0 Å². The van der Waals surface area contributed by atoms with Crippen LogP contribution in [0, 0.1) is 62.1 Å². The number of esters is 2. The van der Waals surface area contributed by atoms with Gasteiger partial charge < -0.3 is 14.3 Å². The van der Waals surface area contributed by atoms with E-state index < -0.39 is 5.41 Å². The van der Waals surface area contributed by atoms with E-state index in [1.807, 2.05) is 13.8 Å². The highest BCUT2D eigenvalue weighted by Gasteiger charge is 2.71. The van der Waals surface area contributed by atoms with Gasteiger partial charge in [-0.25, -0.2) is 0 Å². The number of fused-ring (bicyclic) bond motifs is 7. The molecular formula is C39H62O5. The second-order valence-corrected chi connectivity index (χ2v) is 18.4. The van der Waals surface area contributed by atoms with Crippen LogP contribution in [0.1, 0.15) is 139 Å². The van der Waals surface area contributed by atoms with Crippen molar-refractivity contribution in [1.82, 2.24) is 0 Å².